The van der Waals surface area contributed by atoms with E-state index in [-0.39, 0.29) is 37.1 Å². The number of ether oxygens (including phenoxy) is 1. The number of aromatic nitrogens is 2. The van der Waals surface area contributed by atoms with E-state index in [1.165, 1.54) is 22.2 Å². The van der Waals surface area contributed by atoms with Crippen LogP contribution in [0.5, 0.6) is 0 Å². The lowest BCUT2D eigenvalue weighted by Gasteiger charge is -2.34. The van der Waals surface area contributed by atoms with Crippen LogP contribution in [0.4, 0.5) is 19.0 Å². The summed E-state index contributed by atoms with van der Waals surface area (Å²) in [5.74, 6) is -0.120. The minimum Gasteiger partial charge on any atom is -0.365 e. The fourth-order valence-corrected chi connectivity index (χ4v) is 1.90. The molecule has 6 nitrogen and oxygen atoms in total. The van der Waals surface area contributed by atoms with Crippen LogP contribution in [0.3, 0.4) is 0 Å². The van der Waals surface area contributed by atoms with Gasteiger partial charge in [0.2, 0.25) is 0 Å². The molecule has 2 rings (SSSR count). The van der Waals surface area contributed by atoms with E-state index in [4.69, 9.17) is 4.74 Å². The summed E-state index contributed by atoms with van der Waals surface area (Å²) < 4.78 is 42.8. The minimum absolute atomic E-state index is 0.0578. The van der Waals surface area contributed by atoms with Crippen LogP contribution in [0, 0.1) is 0 Å². The second-order valence-electron chi connectivity index (χ2n) is 4.81. The van der Waals surface area contributed by atoms with Crippen LogP contribution in [0.15, 0.2) is 12.4 Å². The zero-order chi connectivity index (χ0) is 15.6. The Morgan fingerprint density at radius 2 is 2.14 bits per heavy atom. The lowest BCUT2D eigenvalue weighted by Crippen LogP contribution is -2.49. The van der Waals surface area contributed by atoms with Crippen LogP contribution in [0.2, 0.25) is 0 Å². The number of morpholine rings is 1. The summed E-state index contributed by atoms with van der Waals surface area (Å²) >= 11 is 0. The summed E-state index contributed by atoms with van der Waals surface area (Å²) in [6.07, 6.45) is -3.66. The molecule has 1 fully saturated rings. The van der Waals surface area contributed by atoms with Gasteiger partial charge in [-0.2, -0.15) is 13.2 Å². The molecule has 0 spiro atoms. The SMILES string of the molecule is CN(C)C(=O)c1cncc(N2CCOC(C(F)(F)F)C2)n1. The molecule has 0 N–H and O–H groups in total. The van der Waals surface area contributed by atoms with Crippen molar-refractivity contribution in [1.29, 1.82) is 0 Å². The van der Waals surface area contributed by atoms with Gasteiger partial charge < -0.3 is 14.5 Å². The number of amides is 1. The lowest BCUT2D eigenvalue weighted by molar-refractivity contribution is -0.221. The molecule has 1 amide bonds. The van der Waals surface area contributed by atoms with Crippen LogP contribution >= 0.6 is 0 Å². The highest BCUT2D eigenvalue weighted by Gasteiger charge is 2.43. The molecule has 0 radical (unpaired) electrons. The molecule has 1 aliphatic rings. The van der Waals surface area contributed by atoms with Crippen molar-refractivity contribution in [1.82, 2.24) is 14.9 Å². The van der Waals surface area contributed by atoms with Crippen molar-refractivity contribution in [3.63, 3.8) is 0 Å². The second-order valence-corrected chi connectivity index (χ2v) is 4.81. The van der Waals surface area contributed by atoms with Gasteiger partial charge in [0.25, 0.3) is 5.91 Å². The largest absolute Gasteiger partial charge is 0.416 e. The van der Waals surface area contributed by atoms with Gasteiger partial charge in [0.1, 0.15) is 11.5 Å². The molecule has 1 unspecified atom stereocenters. The molecule has 2 heterocycles. The molecule has 0 saturated carbocycles. The maximum absolute atomic E-state index is 12.7. The number of halogens is 3. The zero-order valence-corrected chi connectivity index (χ0v) is 11.6. The Morgan fingerprint density at radius 1 is 1.43 bits per heavy atom. The van der Waals surface area contributed by atoms with Gasteiger partial charge in [0.15, 0.2) is 6.10 Å². The molecular formula is C12H15F3N4O2. The molecule has 0 bridgehead atoms. The summed E-state index contributed by atoms with van der Waals surface area (Å²) in [6, 6.07) is 0. The Bertz CT molecular complexity index is 521. The van der Waals surface area contributed by atoms with Gasteiger partial charge in [-0.3, -0.25) is 9.78 Å². The standard InChI is InChI=1S/C12H15F3N4O2/c1-18(2)11(20)8-5-16-6-10(17-8)19-3-4-21-9(7-19)12(13,14)15/h5-6,9H,3-4,7H2,1-2H3. The van der Waals surface area contributed by atoms with Gasteiger partial charge in [-0.15, -0.1) is 0 Å². The fourth-order valence-electron chi connectivity index (χ4n) is 1.90. The molecule has 116 valence electrons. The van der Waals surface area contributed by atoms with Gasteiger partial charge >= 0.3 is 6.18 Å². The fraction of sp³-hybridized carbons (Fsp3) is 0.583. The third-order valence-corrected chi connectivity index (χ3v) is 3.00. The Kier molecular flexibility index (Phi) is 4.31. The topological polar surface area (TPSA) is 58.6 Å². The van der Waals surface area contributed by atoms with Crippen molar-refractivity contribution in [3.8, 4) is 0 Å². The third-order valence-electron chi connectivity index (χ3n) is 3.00. The maximum Gasteiger partial charge on any atom is 0.416 e. The van der Waals surface area contributed by atoms with E-state index < -0.39 is 12.3 Å². The van der Waals surface area contributed by atoms with Crippen molar-refractivity contribution in [2.75, 3.05) is 38.7 Å². The number of carbonyl (C=O) groups is 1. The summed E-state index contributed by atoms with van der Waals surface area (Å²) in [6.45, 7) is -0.156. The summed E-state index contributed by atoms with van der Waals surface area (Å²) in [4.78, 5) is 22.5. The second kappa shape index (κ2) is 5.84. The number of hydrogen-bond acceptors (Lipinski definition) is 5. The molecule has 0 aromatic carbocycles. The maximum atomic E-state index is 12.7. The van der Waals surface area contributed by atoms with E-state index in [1.54, 1.807) is 14.1 Å². The predicted molar refractivity (Wildman–Crippen MR) is 68.1 cm³/mol. The first-order valence-corrected chi connectivity index (χ1v) is 6.26. The van der Waals surface area contributed by atoms with Crippen LogP contribution in [-0.2, 0) is 4.74 Å². The van der Waals surface area contributed by atoms with Crippen molar-refractivity contribution in [2.45, 2.75) is 12.3 Å². The van der Waals surface area contributed by atoms with E-state index in [9.17, 15) is 18.0 Å². The van der Waals surface area contributed by atoms with Crippen LogP contribution in [0.1, 0.15) is 10.5 Å². The molecule has 0 aliphatic carbocycles. The van der Waals surface area contributed by atoms with E-state index in [0.717, 1.165) is 0 Å². The Labute approximate surface area is 119 Å². The van der Waals surface area contributed by atoms with Gasteiger partial charge in [0, 0.05) is 20.6 Å². The van der Waals surface area contributed by atoms with E-state index >= 15 is 0 Å². The first-order valence-electron chi connectivity index (χ1n) is 6.26. The quantitative estimate of drug-likeness (QED) is 0.814. The van der Waals surface area contributed by atoms with E-state index in [2.05, 4.69) is 9.97 Å². The van der Waals surface area contributed by atoms with Crippen molar-refractivity contribution < 1.29 is 22.7 Å². The smallest absolute Gasteiger partial charge is 0.365 e. The van der Waals surface area contributed by atoms with Crippen molar-refractivity contribution in [2.24, 2.45) is 0 Å². The van der Waals surface area contributed by atoms with Gasteiger partial charge in [-0.25, -0.2) is 4.98 Å². The Balaban J connectivity index is 2.18. The minimum atomic E-state index is -4.43. The van der Waals surface area contributed by atoms with Crippen LogP contribution in [-0.4, -0.2) is 66.8 Å². The highest BCUT2D eigenvalue weighted by molar-refractivity contribution is 5.91. The number of nitrogens with zero attached hydrogens (tertiary/aromatic N) is 4. The lowest BCUT2D eigenvalue weighted by atomic mass is 10.2. The summed E-state index contributed by atoms with van der Waals surface area (Å²) in [5, 5.41) is 0. The summed E-state index contributed by atoms with van der Waals surface area (Å²) in [7, 11) is 3.12. The molecule has 21 heavy (non-hydrogen) atoms. The van der Waals surface area contributed by atoms with Crippen molar-refractivity contribution in [3.05, 3.63) is 18.1 Å². The third kappa shape index (κ3) is 3.60. The normalized spacial score (nSPS) is 19.5. The molecule has 1 aromatic heterocycles. The van der Waals surface area contributed by atoms with Crippen molar-refractivity contribution >= 4 is 11.7 Å². The number of rotatable bonds is 2. The first kappa shape index (κ1) is 15.5. The number of hydrogen-bond donors (Lipinski definition) is 0. The summed E-state index contributed by atoms with van der Waals surface area (Å²) in [5.41, 5.74) is 0.0903. The molecular weight excluding hydrogens is 289 g/mol. The van der Waals surface area contributed by atoms with Gasteiger partial charge in [-0.1, -0.05) is 0 Å². The molecule has 1 aromatic rings. The first-order chi connectivity index (χ1) is 9.79. The number of anilines is 1. The Morgan fingerprint density at radius 3 is 2.76 bits per heavy atom. The highest BCUT2D eigenvalue weighted by atomic mass is 19.4. The molecule has 1 aliphatic heterocycles. The monoisotopic (exact) mass is 304 g/mol. The molecule has 1 saturated heterocycles. The predicted octanol–water partition coefficient (Wildman–Crippen LogP) is 0.946. The van der Waals surface area contributed by atoms with Gasteiger partial charge in [0.05, 0.1) is 25.5 Å². The average Bonchev–Trinajstić information content (AvgIpc) is 2.46. The Hall–Kier alpha value is -1.90. The number of alkyl halides is 3. The average molecular weight is 304 g/mol. The van der Waals surface area contributed by atoms with Gasteiger partial charge in [-0.05, 0) is 0 Å². The number of carbonyl (C=O) groups excluding carboxylic acids is 1. The molecule has 1 atom stereocenters. The highest BCUT2D eigenvalue weighted by Crippen LogP contribution is 2.27. The molecule has 9 heteroatoms. The zero-order valence-electron chi connectivity index (χ0n) is 11.6. The van der Waals surface area contributed by atoms with E-state index in [1.807, 2.05) is 0 Å². The van der Waals surface area contributed by atoms with Crippen LogP contribution in [0.25, 0.3) is 0 Å². The van der Waals surface area contributed by atoms with E-state index in [0.29, 0.717) is 0 Å². The van der Waals surface area contributed by atoms with Crippen LogP contribution < -0.4 is 4.90 Å².